The van der Waals surface area contributed by atoms with Crippen LogP contribution in [-0.4, -0.2) is 0 Å². The van der Waals surface area contributed by atoms with Crippen molar-refractivity contribution in [1.29, 1.82) is 0 Å². The van der Waals surface area contributed by atoms with Gasteiger partial charge in [0.1, 0.15) is 0 Å². The molecule has 0 heterocycles. The molecule has 0 aromatic heterocycles. The summed E-state index contributed by atoms with van der Waals surface area (Å²) < 4.78 is 0. The molecule has 4 aliphatic rings. The lowest BCUT2D eigenvalue weighted by Gasteiger charge is -2.32. The molecule has 0 aliphatic heterocycles. The molecule has 0 aromatic carbocycles. The van der Waals surface area contributed by atoms with E-state index in [0.717, 1.165) is 29.6 Å². The standard InChI is InChI=1S/C20H32/c1-3-7-19-15(5-1)9-11-17(19)13-14-18-12-10-16-6-2-4-8-20(16)18/h9,16-20H,1-8,10-14H2. The van der Waals surface area contributed by atoms with E-state index in [-0.39, 0.29) is 0 Å². The average Bonchev–Trinajstić information content (AvgIpc) is 3.09. The van der Waals surface area contributed by atoms with Crippen molar-refractivity contribution in [1.82, 2.24) is 0 Å². The number of hydrogen-bond donors (Lipinski definition) is 0. The first kappa shape index (κ1) is 13.6. The average molecular weight is 272 g/mol. The highest BCUT2D eigenvalue weighted by Crippen LogP contribution is 2.51. The Morgan fingerprint density at radius 1 is 0.800 bits per heavy atom. The van der Waals surface area contributed by atoms with Gasteiger partial charge in [-0.2, -0.15) is 0 Å². The van der Waals surface area contributed by atoms with Crippen LogP contribution < -0.4 is 0 Å². The molecule has 4 rings (SSSR count). The summed E-state index contributed by atoms with van der Waals surface area (Å²) in [5.41, 5.74) is 0. The van der Waals surface area contributed by atoms with E-state index in [1.165, 1.54) is 44.9 Å². The molecule has 0 aromatic rings. The summed E-state index contributed by atoms with van der Waals surface area (Å²) in [4.78, 5) is 0. The quantitative estimate of drug-likeness (QED) is 0.593. The topological polar surface area (TPSA) is 0 Å². The maximum absolute atomic E-state index is 2.63. The maximum atomic E-state index is 2.63. The lowest BCUT2D eigenvalue weighted by molar-refractivity contribution is 0.204. The molecule has 0 bridgehead atoms. The Morgan fingerprint density at radius 3 is 2.65 bits per heavy atom. The van der Waals surface area contributed by atoms with Gasteiger partial charge in [-0.3, -0.25) is 0 Å². The molecule has 0 amide bonds. The van der Waals surface area contributed by atoms with Crippen LogP contribution in [0.1, 0.15) is 83.5 Å². The molecule has 112 valence electrons. The van der Waals surface area contributed by atoms with E-state index in [2.05, 4.69) is 6.42 Å². The lowest BCUT2D eigenvalue weighted by Crippen LogP contribution is -2.21. The zero-order valence-electron chi connectivity index (χ0n) is 13.2. The van der Waals surface area contributed by atoms with E-state index < -0.39 is 0 Å². The van der Waals surface area contributed by atoms with Crippen LogP contribution in [0.3, 0.4) is 0 Å². The van der Waals surface area contributed by atoms with Crippen molar-refractivity contribution in [2.75, 3.05) is 0 Å². The zero-order chi connectivity index (χ0) is 13.4. The molecule has 4 fully saturated rings. The summed E-state index contributed by atoms with van der Waals surface area (Å²) in [6.07, 6.45) is 22.5. The van der Waals surface area contributed by atoms with Gasteiger partial charge in [0.2, 0.25) is 0 Å². The summed E-state index contributed by atoms with van der Waals surface area (Å²) in [5, 5.41) is 0. The van der Waals surface area contributed by atoms with Crippen LogP contribution in [0.15, 0.2) is 0 Å². The zero-order valence-corrected chi connectivity index (χ0v) is 13.2. The Bertz CT molecular complexity index is 288. The van der Waals surface area contributed by atoms with Gasteiger partial charge in [0, 0.05) is 0 Å². The predicted octanol–water partition coefficient (Wildman–Crippen LogP) is 5.97. The van der Waals surface area contributed by atoms with Gasteiger partial charge >= 0.3 is 0 Å². The third-order valence-corrected chi connectivity index (χ3v) is 7.35. The Morgan fingerprint density at radius 2 is 1.65 bits per heavy atom. The SMILES string of the molecule is [CH]1CC(CCC2CCC3CCCCC32)C2CCCC[C]12. The van der Waals surface area contributed by atoms with E-state index in [1.54, 1.807) is 38.5 Å². The second-order valence-electron chi connectivity index (χ2n) is 8.25. The minimum absolute atomic E-state index is 1.02. The predicted molar refractivity (Wildman–Crippen MR) is 85.0 cm³/mol. The van der Waals surface area contributed by atoms with Gasteiger partial charge in [-0.15, -0.1) is 0 Å². The van der Waals surface area contributed by atoms with Crippen molar-refractivity contribution >= 4 is 0 Å². The summed E-state index contributed by atoms with van der Waals surface area (Å²) in [5.74, 6) is 7.33. The first-order valence-electron chi connectivity index (χ1n) is 9.61. The van der Waals surface area contributed by atoms with Gasteiger partial charge in [0.25, 0.3) is 0 Å². The monoisotopic (exact) mass is 272 g/mol. The van der Waals surface area contributed by atoms with Crippen molar-refractivity contribution in [3.63, 3.8) is 0 Å². The molecule has 0 N–H and O–H groups in total. The van der Waals surface area contributed by atoms with Crippen LogP contribution in [0.4, 0.5) is 0 Å². The number of fused-ring (bicyclic) bond motifs is 2. The smallest absolute Gasteiger partial charge is 0.0173 e. The van der Waals surface area contributed by atoms with Crippen LogP contribution in [0.5, 0.6) is 0 Å². The fraction of sp³-hybridized carbons (Fsp3) is 0.900. The van der Waals surface area contributed by atoms with Crippen molar-refractivity contribution in [3.8, 4) is 0 Å². The first-order chi connectivity index (χ1) is 9.92. The maximum Gasteiger partial charge on any atom is -0.0173 e. The third kappa shape index (κ3) is 2.57. The van der Waals surface area contributed by atoms with Crippen LogP contribution >= 0.6 is 0 Å². The minimum atomic E-state index is 1.02. The second-order valence-corrected chi connectivity index (χ2v) is 8.25. The molecule has 2 radical (unpaired) electrons. The van der Waals surface area contributed by atoms with Gasteiger partial charge in [-0.25, -0.2) is 0 Å². The van der Waals surface area contributed by atoms with Gasteiger partial charge in [-0.05, 0) is 93.3 Å². The van der Waals surface area contributed by atoms with E-state index >= 15 is 0 Å². The molecular weight excluding hydrogens is 240 g/mol. The van der Waals surface area contributed by atoms with Crippen molar-refractivity contribution < 1.29 is 0 Å². The second kappa shape index (κ2) is 6.01. The molecule has 0 nitrogen and oxygen atoms in total. The Labute approximate surface area is 126 Å². The molecule has 0 spiro atoms. The molecule has 4 aliphatic carbocycles. The molecule has 5 atom stereocenters. The highest BCUT2D eigenvalue weighted by molar-refractivity contribution is 5.17. The summed E-state index contributed by atoms with van der Waals surface area (Å²) in [6.45, 7) is 0. The van der Waals surface area contributed by atoms with E-state index in [1.807, 2.05) is 5.92 Å². The Kier molecular flexibility index (Phi) is 4.10. The molecular formula is C20H32. The largest absolute Gasteiger partial charge is 0.0530 e. The fourth-order valence-corrected chi connectivity index (χ4v) is 6.29. The third-order valence-electron chi connectivity index (χ3n) is 7.35. The summed E-state index contributed by atoms with van der Waals surface area (Å²) in [6, 6.07) is 0. The molecule has 0 heteroatoms. The summed E-state index contributed by atoms with van der Waals surface area (Å²) >= 11 is 0. The van der Waals surface area contributed by atoms with Crippen molar-refractivity contribution in [2.24, 2.45) is 29.6 Å². The summed E-state index contributed by atoms with van der Waals surface area (Å²) in [7, 11) is 0. The minimum Gasteiger partial charge on any atom is -0.0530 e. The van der Waals surface area contributed by atoms with Crippen LogP contribution in [-0.2, 0) is 0 Å². The van der Waals surface area contributed by atoms with Gasteiger partial charge < -0.3 is 0 Å². The van der Waals surface area contributed by atoms with Gasteiger partial charge in [0.15, 0.2) is 0 Å². The Balaban J connectivity index is 1.30. The van der Waals surface area contributed by atoms with E-state index in [4.69, 9.17) is 0 Å². The Hall–Kier alpha value is 0. The van der Waals surface area contributed by atoms with Gasteiger partial charge in [-0.1, -0.05) is 32.1 Å². The molecule has 20 heavy (non-hydrogen) atoms. The van der Waals surface area contributed by atoms with Gasteiger partial charge in [0.05, 0.1) is 0 Å². The number of hydrogen-bond acceptors (Lipinski definition) is 0. The molecule has 4 saturated carbocycles. The van der Waals surface area contributed by atoms with E-state index in [9.17, 15) is 0 Å². The van der Waals surface area contributed by atoms with E-state index in [0.29, 0.717) is 0 Å². The molecule has 5 unspecified atom stereocenters. The number of rotatable bonds is 3. The highest BCUT2D eigenvalue weighted by atomic mass is 14.5. The highest BCUT2D eigenvalue weighted by Gasteiger charge is 2.40. The lowest BCUT2D eigenvalue weighted by atomic mass is 9.74. The van der Waals surface area contributed by atoms with Crippen LogP contribution in [0, 0.1) is 41.9 Å². The fourth-order valence-electron chi connectivity index (χ4n) is 6.29. The van der Waals surface area contributed by atoms with Crippen LogP contribution in [0.25, 0.3) is 0 Å². The van der Waals surface area contributed by atoms with Crippen molar-refractivity contribution in [2.45, 2.75) is 83.5 Å². The van der Waals surface area contributed by atoms with Crippen LogP contribution in [0.2, 0.25) is 0 Å². The molecule has 0 saturated heterocycles. The van der Waals surface area contributed by atoms with Crippen molar-refractivity contribution in [3.05, 3.63) is 12.3 Å². The first-order valence-corrected chi connectivity index (χ1v) is 9.61. The normalized spacial score (nSPS) is 45.3.